The SMILES string of the molecule is CC1CN(c2ccc(Cl)c(N)c2)C1. The summed E-state index contributed by atoms with van der Waals surface area (Å²) in [5.74, 6) is 0.803. The third-order valence-corrected chi connectivity index (χ3v) is 2.75. The van der Waals surface area contributed by atoms with Crippen LogP contribution in [0.2, 0.25) is 5.02 Å². The van der Waals surface area contributed by atoms with Crippen LogP contribution in [0.1, 0.15) is 6.92 Å². The van der Waals surface area contributed by atoms with Crippen molar-refractivity contribution in [3.05, 3.63) is 23.2 Å². The summed E-state index contributed by atoms with van der Waals surface area (Å²) in [6.07, 6.45) is 0. The summed E-state index contributed by atoms with van der Waals surface area (Å²) < 4.78 is 0. The van der Waals surface area contributed by atoms with E-state index < -0.39 is 0 Å². The number of rotatable bonds is 1. The van der Waals surface area contributed by atoms with Crippen molar-refractivity contribution in [2.75, 3.05) is 23.7 Å². The molecule has 13 heavy (non-hydrogen) atoms. The van der Waals surface area contributed by atoms with Crippen molar-refractivity contribution in [2.24, 2.45) is 5.92 Å². The van der Waals surface area contributed by atoms with E-state index in [1.54, 1.807) is 0 Å². The van der Waals surface area contributed by atoms with Gasteiger partial charge in [0, 0.05) is 18.8 Å². The molecule has 0 aromatic heterocycles. The number of halogens is 1. The van der Waals surface area contributed by atoms with Gasteiger partial charge < -0.3 is 10.6 Å². The van der Waals surface area contributed by atoms with Gasteiger partial charge in [0.05, 0.1) is 10.7 Å². The number of nitrogens with two attached hydrogens (primary N) is 1. The van der Waals surface area contributed by atoms with Crippen LogP contribution < -0.4 is 10.6 Å². The maximum absolute atomic E-state index is 5.83. The lowest BCUT2D eigenvalue weighted by atomic mass is 10.0. The quantitative estimate of drug-likeness (QED) is 0.699. The molecule has 0 aliphatic carbocycles. The fraction of sp³-hybridized carbons (Fsp3) is 0.400. The number of hydrogen-bond donors (Lipinski definition) is 1. The van der Waals surface area contributed by atoms with Crippen LogP contribution in [0.4, 0.5) is 11.4 Å². The Morgan fingerprint density at radius 2 is 2.15 bits per heavy atom. The molecule has 0 saturated carbocycles. The van der Waals surface area contributed by atoms with Crippen molar-refractivity contribution in [3.8, 4) is 0 Å². The Morgan fingerprint density at radius 1 is 1.46 bits per heavy atom. The zero-order valence-electron chi connectivity index (χ0n) is 7.63. The smallest absolute Gasteiger partial charge is 0.0636 e. The van der Waals surface area contributed by atoms with Crippen LogP contribution in [0.15, 0.2) is 18.2 Å². The standard InChI is InChI=1S/C10H13ClN2/c1-7-5-13(6-7)8-2-3-9(11)10(12)4-8/h2-4,7H,5-6,12H2,1H3. The molecule has 1 aliphatic rings. The van der Waals surface area contributed by atoms with Gasteiger partial charge in [0.25, 0.3) is 0 Å². The van der Waals surface area contributed by atoms with Gasteiger partial charge in [-0.1, -0.05) is 18.5 Å². The summed E-state index contributed by atoms with van der Waals surface area (Å²) >= 11 is 5.83. The molecule has 2 rings (SSSR count). The molecule has 2 nitrogen and oxygen atoms in total. The van der Waals surface area contributed by atoms with Crippen molar-refractivity contribution >= 4 is 23.0 Å². The van der Waals surface area contributed by atoms with Gasteiger partial charge in [-0.15, -0.1) is 0 Å². The van der Waals surface area contributed by atoms with Gasteiger partial charge in [0.2, 0.25) is 0 Å². The average Bonchev–Trinajstić information content (AvgIpc) is 2.05. The first-order valence-electron chi connectivity index (χ1n) is 4.47. The van der Waals surface area contributed by atoms with Crippen LogP contribution in [0.5, 0.6) is 0 Å². The molecular weight excluding hydrogens is 184 g/mol. The van der Waals surface area contributed by atoms with Crippen molar-refractivity contribution in [1.29, 1.82) is 0 Å². The Hall–Kier alpha value is -0.890. The molecule has 1 saturated heterocycles. The minimum absolute atomic E-state index is 0.636. The fourth-order valence-corrected chi connectivity index (χ4v) is 1.76. The second-order valence-electron chi connectivity index (χ2n) is 3.72. The lowest BCUT2D eigenvalue weighted by Crippen LogP contribution is -2.45. The molecule has 0 atom stereocenters. The summed E-state index contributed by atoms with van der Waals surface area (Å²) in [6.45, 7) is 4.50. The van der Waals surface area contributed by atoms with E-state index in [-0.39, 0.29) is 0 Å². The molecule has 1 aliphatic heterocycles. The zero-order chi connectivity index (χ0) is 9.42. The first-order chi connectivity index (χ1) is 6.16. The van der Waals surface area contributed by atoms with E-state index >= 15 is 0 Å². The van der Waals surface area contributed by atoms with Gasteiger partial charge in [-0.05, 0) is 24.1 Å². The van der Waals surface area contributed by atoms with Crippen molar-refractivity contribution < 1.29 is 0 Å². The van der Waals surface area contributed by atoms with E-state index in [1.165, 1.54) is 5.69 Å². The van der Waals surface area contributed by atoms with Gasteiger partial charge in [-0.25, -0.2) is 0 Å². The van der Waals surface area contributed by atoms with E-state index in [0.29, 0.717) is 10.7 Å². The normalized spacial score (nSPS) is 17.2. The molecule has 1 aromatic carbocycles. The Labute approximate surface area is 83.3 Å². The molecule has 1 heterocycles. The molecule has 1 aromatic rings. The van der Waals surface area contributed by atoms with E-state index in [1.807, 2.05) is 18.2 Å². The molecule has 70 valence electrons. The van der Waals surface area contributed by atoms with Crippen LogP contribution in [-0.4, -0.2) is 13.1 Å². The molecule has 0 bridgehead atoms. The maximum Gasteiger partial charge on any atom is 0.0636 e. The predicted octanol–water partition coefficient (Wildman–Crippen LogP) is 2.38. The van der Waals surface area contributed by atoms with Crippen LogP contribution in [-0.2, 0) is 0 Å². The first kappa shape index (κ1) is 8.70. The number of anilines is 2. The Kier molecular flexibility index (Phi) is 2.08. The van der Waals surface area contributed by atoms with E-state index in [2.05, 4.69) is 11.8 Å². The van der Waals surface area contributed by atoms with Crippen molar-refractivity contribution in [2.45, 2.75) is 6.92 Å². The third kappa shape index (κ3) is 1.59. The highest BCUT2D eigenvalue weighted by Crippen LogP contribution is 2.29. The second-order valence-corrected chi connectivity index (χ2v) is 4.12. The van der Waals surface area contributed by atoms with E-state index in [0.717, 1.165) is 19.0 Å². The maximum atomic E-state index is 5.83. The van der Waals surface area contributed by atoms with Crippen LogP contribution in [0.3, 0.4) is 0 Å². The molecule has 0 radical (unpaired) electrons. The van der Waals surface area contributed by atoms with E-state index in [9.17, 15) is 0 Å². The van der Waals surface area contributed by atoms with Gasteiger partial charge in [0.1, 0.15) is 0 Å². The van der Waals surface area contributed by atoms with Crippen LogP contribution in [0, 0.1) is 5.92 Å². The number of hydrogen-bond acceptors (Lipinski definition) is 2. The Bertz CT molecular complexity index is 319. The van der Waals surface area contributed by atoms with Gasteiger partial charge >= 0.3 is 0 Å². The average molecular weight is 197 g/mol. The summed E-state index contributed by atoms with van der Waals surface area (Å²) in [5, 5.41) is 0.636. The minimum atomic E-state index is 0.636. The molecule has 0 spiro atoms. The minimum Gasteiger partial charge on any atom is -0.397 e. The first-order valence-corrected chi connectivity index (χ1v) is 4.84. The van der Waals surface area contributed by atoms with Gasteiger partial charge in [0.15, 0.2) is 0 Å². The lowest BCUT2D eigenvalue weighted by Gasteiger charge is -2.39. The lowest BCUT2D eigenvalue weighted by molar-refractivity contribution is 0.447. The fourth-order valence-electron chi connectivity index (χ4n) is 1.64. The summed E-state index contributed by atoms with van der Waals surface area (Å²) in [4.78, 5) is 2.30. The molecule has 0 unspecified atom stereocenters. The third-order valence-electron chi connectivity index (χ3n) is 2.41. The number of nitrogen functional groups attached to an aromatic ring is 1. The summed E-state index contributed by atoms with van der Waals surface area (Å²) in [7, 11) is 0. The predicted molar refractivity (Wildman–Crippen MR) is 57.2 cm³/mol. The topological polar surface area (TPSA) is 29.3 Å². The van der Waals surface area contributed by atoms with Crippen molar-refractivity contribution in [1.82, 2.24) is 0 Å². The molecule has 3 heteroatoms. The molecule has 1 fully saturated rings. The second kappa shape index (κ2) is 3.11. The van der Waals surface area contributed by atoms with Gasteiger partial charge in [-0.2, -0.15) is 0 Å². The number of benzene rings is 1. The van der Waals surface area contributed by atoms with Crippen molar-refractivity contribution in [3.63, 3.8) is 0 Å². The molecule has 2 N–H and O–H groups in total. The molecular formula is C10H13ClN2. The summed E-state index contributed by atoms with van der Waals surface area (Å²) in [6, 6.07) is 5.81. The highest BCUT2D eigenvalue weighted by Gasteiger charge is 2.22. The van der Waals surface area contributed by atoms with Crippen LogP contribution in [0.25, 0.3) is 0 Å². The highest BCUT2D eigenvalue weighted by atomic mass is 35.5. The largest absolute Gasteiger partial charge is 0.397 e. The highest BCUT2D eigenvalue weighted by molar-refractivity contribution is 6.33. The van der Waals surface area contributed by atoms with E-state index in [4.69, 9.17) is 17.3 Å². The Morgan fingerprint density at radius 3 is 2.69 bits per heavy atom. The van der Waals surface area contributed by atoms with Crippen LogP contribution >= 0.6 is 11.6 Å². The summed E-state index contributed by atoms with van der Waals surface area (Å²) in [5.41, 5.74) is 7.56. The monoisotopic (exact) mass is 196 g/mol. The molecule has 0 amide bonds. The zero-order valence-corrected chi connectivity index (χ0v) is 8.38. The Balaban J connectivity index is 2.18. The van der Waals surface area contributed by atoms with Gasteiger partial charge in [-0.3, -0.25) is 0 Å². The number of nitrogens with zero attached hydrogens (tertiary/aromatic N) is 1.